The molecule has 3 rings (SSSR count). The lowest BCUT2D eigenvalue weighted by Gasteiger charge is -2.21. The Bertz CT molecular complexity index is 873. The number of ether oxygens (including phenoxy) is 1. The van der Waals surface area contributed by atoms with E-state index in [1.807, 2.05) is 4.90 Å². The van der Waals surface area contributed by atoms with Crippen molar-refractivity contribution in [3.05, 3.63) is 59.7 Å². The summed E-state index contributed by atoms with van der Waals surface area (Å²) in [5.74, 6) is -0.206. The van der Waals surface area contributed by atoms with Crippen LogP contribution in [0.25, 0.3) is 0 Å². The molecule has 0 spiro atoms. The molecule has 32 heavy (non-hydrogen) atoms. The minimum Gasteiger partial charge on any atom is -0.435 e. The second-order valence-electron chi connectivity index (χ2n) is 7.55. The molecule has 174 valence electrons. The molecule has 1 N–H and O–H groups in total. The highest BCUT2D eigenvalue weighted by atomic mass is 19.4. The van der Waals surface area contributed by atoms with Crippen molar-refractivity contribution in [1.82, 2.24) is 9.80 Å². The van der Waals surface area contributed by atoms with Gasteiger partial charge < -0.3 is 10.1 Å². The molecule has 0 radical (unpaired) electrons. The van der Waals surface area contributed by atoms with Crippen LogP contribution in [-0.4, -0.2) is 55.0 Å². The summed E-state index contributed by atoms with van der Waals surface area (Å²) in [5, 5.41) is 2.73. The van der Waals surface area contributed by atoms with Crippen molar-refractivity contribution >= 4 is 11.6 Å². The smallest absolute Gasteiger partial charge is 0.416 e. The van der Waals surface area contributed by atoms with E-state index < -0.39 is 18.4 Å². The summed E-state index contributed by atoms with van der Waals surface area (Å²) in [5.41, 5.74) is 0.629. The number of benzene rings is 2. The number of halogens is 5. The molecule has 5 nitrogen and oxygen atoms in total. The summed E-state index contributed by atoms with van der Waals surface area (Å²) in [7, 11) is 0. The van der Waals surface area contributed by atoms with Gasteiger partial charge in [-0.25, -0.2) is 0 Å². The quantitative estimate of drug-likeness (QED) is 0.624. The van der Waals surface area contributed by atoms with E-state index in [0.717, 1.165) is 37.2 Å². The van der Waals surface area contributed by atoms with Crippen LogP contribution < -0.4 is 10.1 Å². The lowest BCUT2D eigenvalue weighted by Crippen LogP contribution is -2.36. The first-order valence-corrected chi connectivity index (χ1v) is 10.1. The fraction of sp³-hybridized carbons (Fsp3) is 0.409. The molecule has 0 saturated carbocycles. The Morgan fingerprint density at radius 1 is 0.938 bits per heavy atom. The standard InChI is InChI=1S/C22H24F5N3O2/c23-21(24)32-19-8-6-18(7-9-19)28-20(31)15-30-11-1-10-29(12-13-30)14-16-2-4-17(5-3-16)22(25,26)27/h2-9,21H,1,10-15H2,(H,28,31). The van der Waals surface area contributed by atoms with Crippen LogP contribution in [0.1, 0.15) is 17.5 Å². The Labute approximate surface area is 182 Å². The highest BCUT2D eigenvalue weighted by molar-refractivity contribution is 5.92. The van der Waals surface area contributed by atoms with E-state index in [2.05, 4.69) is 15.0 Å². The van der Waals surface area contributed by atoms with Gasteiger partial charge >= 0.3 is 12.8 Å². The van der Waals surface area contributed by atoms with Crippen molar-refractivity contribution in [2.45, 2.75) is 25.8 Å². The van der Waals surface area contributed by atoms with E-state index in [0.29, 0.717) is 25.3 Å². The molecule has 2 aromatic rings. The number of anilines is 1. The second kappa shape index (κ2) is 10.7. The Morgan fingerprint density at radius 3 is 2.19 bits per heavy atom. The van der Waals surface area contributed by atoms with Gasteiger partial charge in [0, 0.05) is 25.3 Å². The molecule has 1 saturated heterocycles. The first-order valence-electron chi connectivity index (χ1n) is 10.1. The Morgan fingerprint density at radius 2 is 1.56 bits per heavy atom. The van der Waals surface area contributed by atoms with Crippen LogP contribution in [0.4, 0.5) is 27.6 Å². The summed E-state index contributed by atoms with van der Waals surface area (Å²) in [6.07, 6.45) is -3.52. The third-order valence-electron chi connectivity index (χ3n) is 5.10. The number of nitrogens with zero attached hydrogens (tertiary/aromatic N) is 2. The topological polar surface area (TPSA) is 44.8 Å². The molecule has 1 aliphatic heterocycles. The molecule has 0 aliphatic carbocycles. The Balaban J connectivity index is 1.45. The van der Waals surface area contributed by atoms with Crippen LogP contribution in [0.3, 0.4) is 0 Å². The molecule has 2 aromatic carbocycles. The average Bonchev–Trinajstić information content (AvgIpc) is 2.94. The van der Waals surface area contributed by atoms with Crippen molar-refractivity contribution < 1.29 is 31.5 Å². The fourth-order valence-electron chi connectivity index (χ4n) is 3.52. The summed E-state index contributed by atoms with van der Waals surface area (Å²) in [4.78, 5) is 16.5. The summed E-state index contributed by atoms with van der Waals surface area (Å²) in [6.45, 7) is 0.665. The zero-order valence-electron chi connectivity index (χ0n) is 17.2. The molecular formula is C22H24F5N3O2. The number of hydrogen-bond donors (Lipinski definition) is 1. The number of carbonyl (C=O) groups is 1. The van der Waals surface area contributed by atoms with E-state index in [4.69, 9.17) is 0 Å². The van der Waals surface area contributed by atoms with Gasteiger partial charge in [-0.3, -0.25) is 14.6 Å². The highest BCUT2D eigenvalue weighted by Gasteiger charge is 2.30. The normalized spacial score (nSPS) is 16.1. The number of amides is 1. The van der Waals surface area contributed by atoms with E-state index >= 15 is 0 Å². The highest BCUT2D eigenvalue weighted by Crippen LogP contribution is 2.29. The third-order valence-corrected chi connectivity index (χ3v) is 5.10. The Kier molecular flexibility index (Phi) is 8.03. The van der Waals surface area contributed by atoms with Gasteiger partial charge in [0.15, 0.2) is 0 Å². The molecule has 1 fully saturated rings. The van der Waals surface area contributed by atoms with E-state index in [-0.39, 0.29) is 18.2 Å². The molecule has 0 unspecified atom stereocenters. The first-order chi connectivity index (χ1) is 15.2. The molecule has 1 aliphatic rings. The third kappa shape index (κ3) is 7.45. The van der Waals surface area contributed by atoms with Crippen molar-refractivity contribution in [3.8, 4) is 5.75 Å². The van der Waals surface area contributed by atoms with Gasteiger partial charge in [-0.1, -0.05) is 12.1 Å². The van der Waals surface area contributed by atoms with Crippen LogP contribution in [0.5, 0.6) is 5.75 Å². The molecule has 1 heterocycles. The van der Waals surface area contributed by atoms with Gasteiger partial charge in [0.1, 0.15) is 5.75 Å². The van der Waals surface area contributed by atoms with Crippen molar-refractivity contribution in [1.29, 1.82) is 0 Å². The molecular weight excluding hydrogens is 433 g/mol. The van der Waals surface area contributed by atoms with Gasteiger partial charge in [-0.2, -0.15) is 22.0 Å². The molecule has 0 bridgehead atoms. The van der Waals surface area contributed by atoms with Crippen molar-refractivity contribution in [2.24, 2.45) is 0 Å². The maximum Gasteiger partial charge on any atom is 0.416 e. The van der Waals surface area contributed by atoms with Gasteiger partial charge in [-0.15, -0.1) is 0 Å². The van der Waals surface area contributed by atoms with E-state index in [1.54, 1.807) is 0 Å². The second-order valence-corrected chi connectivity index (χ2v) is 7.55. The number of hydrogen-bond acceptors (Lipinski definition) is 4. The largest absolute Gasteiger partial charge is 0.435 e. The predicted octanol–water partition coefficient (Wildman–Crippen LogP) is 4.45. The monoisotopic (exact) mass is 457 g/mol. The van der Waals surface area contributed by atoms with Gasteiger partial charge in [0.05, 0.1) is 12.1 Å². The summed E-state index contributed by atoms with van der Waals surface area (Å²) >= 11 is 0. The van der Waals surface area contributed by atoms with Crippen LogP contribution >= 0.6 is 0 Å². The number of rotatable bonds is 7. The van der Waals surface area contributed by atoms with Crippen LogP contribution in [-0.2, 0) is 17.5 Å². The van der Waals surface area contributed by atoms with Gasteiger partial charge in [0.2, 0.25) is 5.91 Å². The SMILES string of the molecule is O=C(CN1CCCN(Cc2ccc(C(F)(F)F)cc2)CC1)Nc1ccc(OC(F)F)cc1. The molecule has 0 aromatic heterocycles. The van der Waals surface area contributed by atoms with Crippen LogP contribution in [0, 0.1) is 0 Å². The van der Waals surface area contributed by atoms with Crippen molar-refractivity contribution in [2.75, 3.05) is 38.0 Å². The number of alkyl halides is 5. The predicted molar refractivity (Wildman–Crippen MR) is 109 cm³/mol. The van der Waals surface area contributed by atoms with E-state index in [9.17, 15) is 26.7 Å². The van der Waals surface area contributed by atoms with Crippen molar-refractivity contribution in [3.63, 3.8) is 0 Å². The summed E-state index contributed by atoms with van der Waals surface area (Å²) < 4.78 is 66.8. The first kappa shape index (κ1) is 23.9. The fourth-order valence-corrected chi connectivity index (χ4v) is 3.52. The molecule has 0 atom stereocenters. The molecule has 10 heteroatoms. The minimum atomic E-state index is -4.34. The average molecular weight is 457 g/mol. The Hall–Kier alpha value is -2.72. The zero-order chi connectivity index (χ0) is 23.1. The summed E-state index contributed by atoms with van der Waals surface area (Å²) in [6, 6.07) is 10.9. The minimum absolute atomic E-state index is 0.0126. The number of carbonyl (C=O) groups excluding carboxylic acids is 1. The zero-order valence-corrected chi connectivity index (χ0v) is 17.2. The maximum absolute atomic E-state index is 12.7. The number of nitrogens with one attached hydrogen (secondary N) is 1. The van der Waals surface area contributed by atoms with Crippen LogP contribution in [0.2, 0.25) is 0 Å². The van der Waals surface area contributed by atoms with Crippen LogP contribution in [0.15, 0.2) is 48.5 Å². The van der Waals surface area contributed by atoms with Gasteiger partial charge in [0.25, 0.3) is 0 Å². The van der Waals surface area contributed by atoms with Gasteiger partial charge in [-0.05, 0) is 61.5 Å². The molecule has 1 amide bonds. The lowest BCUT2D eigenvalue weighted by molar-refractivity contribution is -0.137. The maximum atomic E-state index is 12.7. The lowest BCUT2D eigenvalue weighted by atomic mass is 10.1. The van der Waals surface area contributed by atoms with E-state index in [1.165, 1.54) is 36.4 Å².